The molecule has 2 amide bonds. The van der Waals surface area contributed by atoms with Gasteiger partial charge in [0, 0.05) is 37.3 Å². The average molecular weight is 351 g/mol. The molecule has 2 aromatic rings. The van der Waals surface area contributed by atoms with E-state index >= 15 is 0 Å². The summed E-state index contributed by atoms with van der Waals surface area (Å²) < 4.78 is 0. The normalized spacial score (nSPS) is 16.2. The first-order valence-corrected chi connectivity index (χ1v) is 8.98. The van der Waals surface area contributed by atoms with E-state index in [0.717, 1.165) is 31.7 Å². The van der Waals surface area contributed by atoms with Crippen molar-refractivity contribution in [2.24, 2.45) is 0 Å². The van der Waals surface area contributed by atoms with Gasteiger partial charge in [0.2, 0.25) is 0 Å². The van der Waals surface area contributed by atoms with Crippen molar-refractivity contribution in [2.45, 2.75) is 13.0 Å². The van der Waals surface area contributed by atoms with Gasteiger partial charge in [0.05, 0.1) is 6.04 Å². The van der Waals surface area contributed by atoms with Gasteiger partial charge < -0.3 is 15.1 Å². The Morgan fingerprint density at radius 2 is 1.58 bits per heavy atom. The van der Waals surface area contributed by atoms with Gasteiger partial charge >= 0.3 is 0 Å². The number of nitrogens with one attached hydrogen (secondary N) is 1. The fourth-order valence-electron chi connectivity index (χ4n) is 3.09. The summed E-state index contributed by atoms with van der Waals surface area (Å²) in [6.45, 7) is 5.14. The lowest BCUT2D eigenvalue weighted by Gasteiger charge is -2.32. The molecular weight excluding hydrogens is 326 g/mol. The number of likely N-dealkylation sites (N-methyl/N-ethyl adjacent to an activating group) is 1. The Morgan fingerprint density at radius 3 is 2.27 bits per heavy atom. The minimum Gasteiger partial charge on any atom is -0.346 e. The van der Waals surface area contributed by atoms with E-state index in [1.54, 1.807) is 24.3 Å². The quantitative estimate of drug-likeness (QED) is 0.921. The molecule has 1 heterocycles. The van der Waals surface area contributed by atoms with E-state index in [4.69, 9.17) is 0 Å². The summed E-state index contributed by atoms with van der Waals surface area (Å²) in [5, 5.41) is 2.99. The minimum absolute atomic E-state index is 0.0103. The highest BCUT2D eigenvalue weighted by Crippen LogP contribution is 2.14. The SMILES string of the molecule is CC(NC(=O)c1cccc(C(=O)N2CCN(C)CC2)c1)c1ccccc1. The maximum absolute atomic E-state index is 12.7. The van der Waals surface area contributed by atoms with Crippen LogP contribution in [-0.4, -0.2) is 54.8 Å². The maximum Gasteiger partial charge on any atom is 0.253 e. The molecule has 136 valence electrons. The highest BCUT2D eigenvalue weighted by atomic mass is 16.2. The van der Waals surface area contributed by atoms with E-state index in [0.29, 0.717) is 11.1 Å². The summed E-state index contributed by atoms with van der Waals surface area (Å²) in [7, 11) is 2.06. The van der Waals surface area contributed by atoms with Crippen LogP contribution in [-0.2, 0) is 0 Å². The fourth-order valence-corrected chi connectivity index (χ4v) is 3.09. The second kappa shape index (κ2) is 8.15. The number of nitrogens with zero attached hydrogens (tertiary/aromatic N) is 2. The molecule has 0 saturated carbocycles. The van der Waals surface area contributed by atoms with Crippen LogP contribution in [0.15, 0.2) is 54.6 Å². The summed E-state index contributed by atoms with van der Waals surface area (Å²) in [5.74, 6) is -0.182. The van der Waals surface area contributed by atoms with Gasteiger partial charge in [-0.2, -0.15) is 0 Å². The summed E-state index contributed by atoms with van der Waals surface area (Å²) in [5.41, 5.74) is 2.12. The summed E-state index contributed by atoms with van der Waals surface area (Å²) >= 11 is 0. The molecule has 0 aliphatic carbocycles. The zero-order chi connectivity index (χ0) is 18.5. The molecule has 26 heavy (non-hydrogen) atoms. The van der Waals surface area contributed by atoms with Crippen LogP contribution in [0.3, 0.4) is 0 Å². The van der Waals surface area contributed by atoms with Crippen LogP contribution in [0.25, 0.3) is 0 Å². The minimum atomic E-state index is -0.172. The van der Waals surface area contributed by atoms with E-state index in [1.165, 1.54) is 0 Å². The van der Waals surface area contributed by atoms with Gasteiger partial charge in [0.1, 0.15) is 0 Å². The van der Waals surface area contributed by atoms with Crippen LogP contribution >= 0.6 is 0 Å². The molecule has 1 aliphatic rings. The van der Waals surface area contributed by atoms with E-state index in [9.17, 15) is 9.59 Å². The van der Waals surface area contributed by atoms with E-state index in [1.807, 2.05) is 42.2 Å². The molecule has 1 unspecified atom stereocenters. The lowest BCUT2D eigenvalue weighted by molar-refractivity contribution is 0.0664. The van der Waals surface area contributed by atoms with Gasteiger partial charge in [0.15, 0.2) is 0 Å². The second-order valence-electron chi connectivity index (χ2n) is 6.78. The van der Waals surface area contributed by atoms with Crippen molar-refractivity contribution in [3.63, 3.8) is 0 Å². The van der Waals surface area contributed by atoms with Gasteiger partial charge in [0.25, 0.3) is 11.8 Å². The van der Waals surface area contributed by atoms with Crippen LogP contribution in [0, 0.1) is 0 Å². The number of rotatable bonds is 4. The third kappa shape index (κ3) is 4.29. The molecule has 1 aliphatic heterocycles. The molecule has 5 nitrogen and oxygen atoms in total. The number of amides is 2. The molecule has 3 rings (SSSR count). The van der Waals surface area contributed by atoms with Gasteiger partial charge in [-0.25, -0.2) is 0 Å². The number of carbonyl (C=O) groups excluding carboxylic acids is 2. The molecule has 1 N–H and O–H groups in total. The Kier molecular flexibility index (Phi) is 5.68. The molecular formula is C21H25N3O2. The van der Waals surface area contributed by atoms with Crippen molar-refractivity contribution in [1.29, 1.82) is 0 Å². The first kappa shape index (κ1) is 18.1. The Labute approximate surface area is 154 Å². The van der Waals surface area contributed by atoms with Crippen LogP contribution in [0.4, 0.5) is 0 Å². The lowest BCUT2D eigenvalue weighted by Crippen LogP contribution is -2.47. The zero-order valence-electron chi connectivity index (χ0n) is 15.3. The summed E-state index contributed by atoms with van der Waals surface area (Å²) in [4.78, 5) is 29.3. The van der Waals surface area contributed by atoms with Gasteiger partial charge in [-0.15, -0.1) is 0 Å². The summed E-state index contributed by atoms with van der Waals surface area (Å²) in [6, 6.07) is 16.7. The number of benzene rings is 2. The molecule has 5 heteroatoms. The third-order valence-electron chi connectivity index (χ3n) is 4.81. The molecule has 2 aromatic carbocycles. The Hall–Kier alpha value is -2.66. The first-order valence-electron chi connectivity index (χ1n) is 8.98. The fraction of sp³-hybridized carbons (Fsp3) is 0.333. The van der Waals surface area contributed by atoms with Crippen LogP contribution < -0.4 is 5.32 Å². The van der Waals surface area contributed by atoms with E-state index in [2.05, 4.69) is 17.3 Å². The number of carbonyl (C=O) groups is 2. The Bertz CT molecular complexity index is 768. The molecule has 0 radical (unpaired) electrons. The monoisotopic (exact) mass is 351 g/mol. The predicted molar refractivity (Wildman–Crippen MR) is 102 cm³/mol. The second-order valence-corrected chi connectivity index (χ2v) is 6.78. The number of hydrogen-bond donors (Lipinski definition) is 1. The molecule has 0 spiro atoms. The topological polar surface area (TPSA) is 52.7 Å². The molecule has 0 bridgehead atoms. The van der Waals surface area contributed by atoms with E-state index in [-0.39, 0.29) is 17.9 Å². The van der Waals surface area contributed by atoms with Crippen LogP contribution in [0.1, 0.15) is 39.2 Å². The van der Waals surface area contributed by atoms with Crippen LogP contribution in [0.2, 0.25) is 0 Å². The summed E-state index contributed by atoms with van der Waals surface area (Å²) in [6.07, 6.45) is 0. The predicted octanol–water partition coefficient (Wildman–Crippen LogP) is 2.57. The van der Waals surface area contributed by atoms with Crippen molar-refractivity contribution in [1.82, 2.24) is 15.1 Å². The largest absolute Gasteiger partial charge is 0.346 e. The van der Waals surface area contributed by atoms with Crippen LogP contribution in [0.5, 0.6) is 0 Å². The molecule has 1 atom stereocenters. The first-order chi connectivity index (χ1) is 12.5. The molecule has 0 aromatic heterocycles. The van der Waals surface area contributed by atoms with Gasteiger partial charge in [-0.05, 0) is 37.7 Å². The smallest absolute Gasteiger partial charge is 0.253 e. The zero-order valence-corrected chi connectivity index (χ0v) is 15.3. The van der Waals surface area contributed by atoms with Gasteiger partial charge in [-0.1, -0.05) is 36.4 Å². The van der Waals surface area contributed by atoms with Crippen molar-refractivity contribution in [3.05, 3.63) is 71.3 Å². The average Bonchev–Trinajstić information content (AvgIpc) is 2.68. The van der Waals surface area contributed by atoms with Crippen molar-refractivity contribution < 1.29 is 9.59 Å². The number of piperazine rings is 1. The molecule has 1 fully saturated rings. The Morgan fingerprint density at radius 1 is 0.923 bits per heavy atom. The lowest BCUT2D eigenvalue weighted by atomic mass is 10.1. The Balaban J connectivity index is 1.68. The van der Waals surface area contributed by atoms with Gasteiger partial charge in [-0.3, -0.25) is 9.59 Å². The van der Waals surface area contributed by atoms with E-state index < -0.39 is 0 Å². The number of hydrogen-bond acceptors (Lipinski definition) is 3. The van der Waals surface area contributed by atoms with Crippen molar-refractivity contribution in [3.8, 4) is 0 Å². The van der Waals surface area contributed by atoms with Crippen molar-refractivity contribution in [2.75, 3.05) is 33.2 Å². The molecule has 1 saturated heterocycles. The maximum atomic E-state index is 12.7. The highest BCUT2D eigenvalue weighted by Gasteiger charge is 2.21. The van der Waals surface area contributed by atoms with Crippen molar-refractivity contribution >= 4 is 11.8 Å². The standard InChI is InChI=1S/C21H25N3O2/c1-16(17-7-4-3-5-8-17)22-20(25)18-9-6-10-19(15-18)21(26)24-13-11-23(2)12-14-24/h3-10,15-16H,11-14H2,1-2H3,(H,22,25). The highest BCUT2D eigenvalue weighted by molar-refractivity contribution is 5.99. The third-order valence-corrected chi connectivity index (χ3v) is 4.81.